The molecule has 0 spiro atoms. The van der Waals surface area contributed by atoms with Gasteiger partial charge in [-0.25, -0.2) is 9.38 Å². The number of hydrogen-bond acceptors (Lipinski definition) is 3. The molecule has 1 aromatic rings. The third-order valence-corrected chi connectivity index (χ3v) is 2.60. The van der Waals surface area contributed by atoms with Crippen molar-refractivity contribution >= 4 is 11.9 Å². The first-order valence-corrected chi connectivity index (χ1v) is 6.46. The fourth-order valence-corrected chi connectivity index (χ4v) is 1.47. The third kappa shape index (κ3) is 4.35. The van der Waals surface area contributed by atoms with Gasteiger partial charge in [-0.2, -0.15) is 0 Å². The molecule has 0 aromatic heterocycles. The highest BCUT2D eigenvalue weighted by molar-refractivity contribution is 6.04. The lowest BCUT2D eigenvalue weighted by Gasteiger charge is -2.10. The molecule has 1 amide bonds. The fourth-order valence-electron chi connectivity index (χ4n) is 1.47. The van der Waals surface area contributed by atoms with Crippen molar-refractivity contribution in [2.45, 2.75) is 32.2 Å². The molecule has 0 heterocycles. The summed E-state index contributed by atoms with van der Waals surface area (Å²) >= 11 is 0. The minimum Gasteiger partial charge on any atom is -0.465 e. The second-order valence-corrected chi connectivity index (χ2v) is 4.48. The Labute approximate surface area is 111 Å². The maximum absolute atomic E-state index is 13.0. The lowest BCUT2D eigenvalue weighted by atomic mass is 10.2. The average Bonchev–Trinajstić information content (AvgIpc) is 3.20. The van der Waals surface area contributed by atoms with Gasteiger partial charge in [0.15, 0.2) is 0 Å². The molecule has 0 unspecified atom stereocenters. The molecule has 0 aliphatic heterocycles. The number of carbonyl (C=O) groups excluding carboxylic acids is 1. The molecular weight excluding hydrogens is 247 g/mol. The molecule has 2 rings (SSSR count). The van der Waals surface area contributed by atoms with Crippen LogP contribution < -0.4 is 5.32 Å². The number of rotatable bonds is 4. The molecule has 1 aliphatic carbocycles. The zero-order valence-corrected chi connectivity index (χ0v) is 10.9. The number of aliphatic imine (C=N–C) groups is 1. The fraction of sp³-hybridized carbons (Fsp3) is 0.429. The molecule has 0 radical (unpaired) electrons. The summed E-state index contributed by atoms with van der Waals surface area (Å²) in [6.07, 6.45) is 2.88. The molecular formula is C14H17FN2O2. The molecule has 0 bridgehead atoms. The van der Waals surface area contributed by atoms with E-state index in [1.165, 1.54) is 18.2 Å². The Balaban J connectivity index is 2.01. The van der Waals surface area contributed by atoms with E-state index in [-0.39, 0.29) is 17.6 Å². The Kier molecular flexibility index (Phi) is 4.49. The first kappa shape index (κ1) is 13.5. The molecule has 4 nitrogen and oxygen atoms in total. The number of ether oxygens (including phenoxy) is 1. The monoisotopic (exact) mass is 264 g/mol. The predicted molar refractivity (Wildman–Crippen MR) is 70.6 cm³/mol. The van der Waals surface area contributed by atoms with Crippen LogP contribution in [-0.4, -0.2) is 24.6 Å². The summed E-state index contributed by atoms with van der Waals surface area (Å²) in [4.78, 5) is 16.2. The summed E-state index contributed by atoms with van der Waals surface area (Å²) in [5.41, 5.74) is 0.253. The molecule has 102 valence electrons. The number of amidine groups is 1. The van der Waals surface area contributed by atoms with Crippen LogP contribution in [-0.2, 0) is 4.74 Å². The van der Waals surface area contributed by atoms with E-state index in [9.17, 15) is 9.18 Å². The Morgan fingerprint density at radius 3 is 2.95 bits per heavy atom. The number of nitrogens with one attached hydrogen (secondary N) is 1. The van der Waals surface area contributed by atoms with Gasteiger partial charge in [-0.15, -0.1) is 0 Å². The highest BCUT2D eigenvalue weighted by atomic mass is 19.1. The van der Waals surface area contributed by atoms with Crippen molar-refractivity contribution in [2.24, 2.45) is 4.99 Å². The summed E-state index contributed by atoms with van der Waals surface area (Å²) in [5, 5.41) is 2.59. The maximum Gasteiger partial charge on any atom is 0.291 e. The minimum absolute atomic E-state index is 0.235. The number of benzene rings is 1. The van der Waals surface area contributed by atoms with E-state index in [0.717, 1.165) is 19.3 Å². The van der Waals surface area contributed by atoms with Gasteiger partial charge in [0, 0.05) is 5.56 Å². The van der Waals surface area contributed by atoms with E-state index in [0.29, 0.717) is 6.61 Å². The first-order chi connectivity index (χ1) is 9.19. The van der Waals surface area contributed by atoms with Gasteiger partial charge in [0.25, 0.3) is 11.9 Å². The zero-order valence-electron chi connectivity index (χ0n) is 10.9. The standard InChI is InChI=1S/C14H17FN2O2/c1-2-8-19-14(16-12-6-7-12)17-13(18)10-4-3-5-11(15)9-10/h3-5,9,12H,2,6-8H2,1H3,(H,16,17,18). The largest absolute Gasteiger partial charge is 0.465 e. The predicted octanol–water partition coefficient (Wildman–Crippen LogP) is 2.50. The molecule has 0 saturated heterocycles. The summed E-state index contributed by atoms with van der Waals surface area (Å²) in [6.45, 7) is 2.47. The number of amides is 1. The van der Waals surface area contributed by atoms with Gasteiger partial charge >= 0.3 is 0 Å². The van der Waals surface area contributed by atoms with E-state index >= 15 is 0 Å². The van der Waals surface area contributed by atoms with Gasteiger partial charge < -0.3 is 4.74 Å². The second-order valence-electron chi connectivity index (χ2n) is 4.48. The van der Waals surface area contributed by atoms with Gasteiger partial charge in [0.2, 0.25) is 0 Å². The molecule has 1 fully saturated rings. The van der Waals surface area contributed by atoms with Crippen molar-refractivity contribution in [1.29, 1.82) is 0 Å². The van der Waals surface area contributed by atoms with Crippen molar-refractivity contribution in [3.63, 3.8) is 0 Å². The van der Waals surface area contributed by atoms with Crippen molar-refractivity contribution in [2.75, 3.05) is 6.61 Å². The highest BCUT2D eigenvalue weighted by Crippen LogP contribution is 2.23. The first-order valence-electron chi connectivity index (χ1n) is 6.46. The molecule has 19 heavy (non-hydrogen) atoms. The van der Waals surface area contributed by atoms with Crippen LogP contribution in [0.15, 0.2) is 29.3 Å². The van der Waals surface area contributed by atoms with Crippen LogP contribution in [0.5, 0.6) is 0 Å². The lowest BCUT2D eigenvalue weighted by Crippen LogP contribution is -2.33. The second kappa shape index (κ2) is 6.31. The topological polar surface area (TPSA) is 50.7 Å². The van der Waals surface area contributed by atoms with Crippen molar-refractivity contribution in [3.05, 3.63) is 35.6 Å². The summed E-state index contributed by atoms with van der Waals surface area (Å²) in [6, 6.07) is 6.01. The molecule has 1 saturated carbocycles. The lowest BCUT2D eigenvalue weighted by molar-refractivity contribution is 0.0965. The van der Waals surface area contributed by atoms with Crippen LogP contribution in [0.1, 0.15) is 36.5 Å². The van der Waals surface area contributed by atoms with E-state index in [2.05, 4.69) is 10.3 Å². The Bertz CT molecular complexity index is 484. The van der Waals surface area contributed by atoms with E-state index in [4.69, 9.17) is 4.74 Å². The number of hydrogen-bond donors (Lipinski definition) is 1. The maximum atomic E-state index is 13.0. The summed E-state index contributed by atoms with van der Waals surface area (Å²) < 4.78 is 18.4. The summed E-state index contributed by atoms with van der Waals surface area (Å²) in [5.74, 6) is -0.849. The smallest absolute Gasteiger partial charge is 0.291 e. The molecule has 5 heteroatoms. The van der Waals surface area contributed by atoms with Crippen LogP contribution >= 0.6 is 0 Å². The Morgan fingerprint density at radius 2 is 2.32 bits per heavy atom. The van der Waals surface area contributed by atoms with Gasteiger partial charge in [-0.3, -0.25) is 10.1 Å². The number of carbonyl (C=O) groups is 1. The highest BCUT2D eigenvalue weighted by Gasteiger charge is 2.22. The van der Waals surface area contributed by atoms with Crippen molar-refractivity contribution in [3.8, 4) is 0 Å². The quantitative estimate of drug-likeness (QED) is 0.671. The average molecular weight is 264 g/mol. The van der Waals surface area contributed by atoms with Gasteiger partial charge in [-0.1, -0.05) is 13.0 Å². The Hall–Kier alpha value is -1.91. The van der Waals surface area contributed by atoms with Crippen LogP contribution in [0.4, 0.5) is 4.39 Å². The third-order valence-electron chi connectivity index (χ3n) is 2.60. The molecule has 1 aromatic carbocycles. The van der Waals surface area contributed by atoms with E-state index < -0.39 is 11.7 Å². The van der Waals surface area contributed by atoms with Crippen LogP contribution in [0.2, 0.25) is 0 Å². The normalized spacial score (nSPS) is 15.2. The van der Waals surface area contributed by atoms with Crippen LogP contribution in [0.25, 0.3) is 0 Å². The van der Waals surface area contributed by atoms with E-state index in [1.807, 2.05) is 6.92 Å². The van der Waals surface area contributed by atoms with Gasteiger partial charge in [-0.05, 0) is 37.5 Å². The molecule has 1 aliphatic rings. The molecule has 1 N–H and O–H groups in total. The van der Waals surface area contributed by atoms with E-state index in [1.54, 1.807) is 6.07 Å². The van der Waals surface area contributed by atoms with Crippen LogP contribution in [0, 0.1) is 5.82 Å². The minimum atomic E-state index is -0.442. The SMILES string of the molecule is CCCOC(=NC1CC1)NC(=O)c1cccc(F)c1. The van der Waals surface area contributed by atoms with Gasteiger partial charge in [0.1, 0.15) is 5.82 Å². The van der Waals surface area contributed by atoms with Crippen LogP contribution in [0.3, 0.4) is 0 Å². The van der Waals surface area contributed by atoms with Gasteiger partial charge in [0.05, 0.1) is 12.6 Å². The molecule has 0 atom stereocenters. The number of halogens is 1. The van der Waals surface area contributed by atoms with Crippen molar-refractivity contribution < 1.29 is 13.9 Å². The Morgan fingerprint density at radius 1 is 1.53 bits per heavy atom. The zero-order chi connectivity index (χ0) is 13.7. The van der Waals surface area contributed by atoms with Crippen molar-refractivity contribution in [1.82, 2.24) is 5.32 Å². The number of nitrogens with zero attached hydrogens (tertiary/aromatic N) is 1. The summed E-state index contributed by atoms with van der Waals surface area (Å²) in [7, 11) is 0.